The molecule has 3 heterocycles. The van der Waals surface area contributed by atoms with Crippen LogP contribution in [0.2, 0.25) is 0 Å². The zero-order valence-electron chi connectivity index (χ0n) is 16.2. The summed E-state index contributed by atoms with van der Waals surface area (Å²) in [6.45, 7) is 2.32. The fourth-order valence-electron chi connectivity index (χ4n) is 3.62. The highest BCUT2D eigenvalue weighted by molar-refractivity contribution is 7.91. The Labute approximate surface area is 174 Å². The van der Waals surface area contributed by atoms with E-state index < -0.39 is 16.1 Å². The second kappa shape index (κ2) is 7.78. The summed E-state index contributed by atoms with van der Waals surface area (Å²) in [5, 5.41) is 1.73. The summed E-state index contributed by atoms with van der Waals surface area (Å²) in [6, 6.07) is 13.9. The van der Waals surface area contributed by atoms with Crippen LogP contribution in [0.3, 0.4) is 0 Å². The maximum Gasteiger partial charge on any atom is 0.253 e. The lowest BCUT2D eigenvalue weighted by Gasteiger charge is -2.36. The first-order chi connectivity index (χ1) is 13.9. The number of amides is 1. The van der Waals surface area contributed by atoms with Crippen molar-refractivity contribution in [2.24, 2.45) is 0 Å². The number of nitrogens with zero attached hydrogens (tertiary/aromatic N) is 2. The molecule has 0 saturated carbocycles. The maximum atomic E-state index is 13.3. The largest absolute Gasteiger partial charge is 0.464 e. The molecule has 1 atom stereocenters. The van der Waals surface area contributed by atoms with E-state index in [-0.39, 0.29) is 23.2 Å². The van der Waals surface area contributed by atoms with Crippen LogP contribution in [-0.4, -0.2) is 36.6 Å². The van der Waals surface area contributed by atoms with Crippen molar-refractivity contribution in [3.63, 3.8) is 0 Å². The second-order valence-electron chi connectivity index (χ2n) is 7.18. The molecule has 0 spiro atoms. The second-order valence-corrected chi connectivity index (χ2v) is 10.2. The molecule has 1 unspecified atom stereocenters. The van der Waals surface area contributed by atoms with Crippen LogP contribution < -0.4 is 0 Å². The van der Waals surface area contributed by atoms with Gasteiger partial charge in [0.1, 0.15) is 21.8 Å². The molecular formula is C21H22N2O4S2. The highest BCUT2D eigenvalue weighted by Gasteiger charge is 2.41. The summed E-state index contributed by atoms with van der Waals surface area (Å²) >= 11 is 1.16. The third-order valence-corrected chi connectivity index (χ3v) is 8.34. The van der Waals surface area contributed by atoms with Crippen LogP contribution in [0.4, 0.5) is 0 Å². The van der Waals surface area contributed by atoms with E-state index >= 15 is 0 Å². The lowest BCUT2D eigenvalue weighted by molar-refractivity contribution is -0.135. The number of rotatable bonds is 5. The third kappa shape index (κ3) is 3.88. The number of carbonyl (C=O) groups excluding carboxylic acids is 1. The zero-order chi connectivity index (χ0) is 20.6. The molecule has 1 aromatic carbocycles. The van der Waals surface area contributed by atoms with Crippen LogP contribution in [0.5, 0.6) is 0 Å². The quantitative estimate of drug-likeness (QED) is 0.622. The maximum absolute atomic E-state index is 13.3. The Morgan fingerprint density at radius 3 is 2.59 bits per heavy atom. The predicted octanol–water partition coefficient (Wildman–Crippen LogP) is 3.42. The number of hydrogen-bond acceptors (Lipinski definition) is 5. The number of sulfonamides is 1. The molecule has 0 radical (unpaired) electrons. The molecule has 4 rings (SSSR count). The number of thiophene rings is 1. The van der Waals surface area contributed by atoms with E-state index in [1.807, 2.05) is 43.3 Å². The van der Waals surface area contributed by atoms with Crippen LogP contribution in [0.1, 0.15) is 22.6 Å². The van der Waals surface area contributed by atoms with Crippen LogP contribution >= 0.6 is 11.3 Å². The average molecular weight is 431 g/mol. The van der Waals surface area contributed by atoms with E-state index in [1.54, 1.807) is 24.6 Å². The number of carbonyl (C=O) groups is 1. The molecule has 1 aliphatic rings. The van der Waals surface area contributed by atoms with E-state index in [9.17, 15) is 13.2 Å². The molecule has 0 N–H and O–H groups in total. The van der Waals surface area contributed by atoms with Gasteiger partial charge >= 0.3 is 0 Å². The van der Waals surface area contributed by atoms with Gasteiger partial charge in [0.25, 0.3) is 10.0 Å². The molecule has 1 aliphatic heterocycles. The van der Waals surface area contributed by atoms with Crippen molar-refractivity contribution in [3.05, 3.63) is 76.6 Å². The van der Waals surface area contributed by atoms with Crippen LogP contribution in [0, 0.1) is 6.92 Å². The van der Waals surface area contributed by atoms with Crippen molar-refractivity contribution in [2.45, 2.75) is 36.7 Å². The first-order valence-corrected chi connectivity index (χ1v) is 11.6. The molecule has 0 fully saturated rings. The fourth-order valence-corrected chi connectivity index (χ4v) is 6.30. The molecular weight excluding hydrogens is 408 g/mol. The Kier molecular flexibility index (Phi) is 5.33. The fraction of sp³-hybridized carbons (Fsp3) is 0.286. The van der Waals surface area contributed by atoms with Gasteiger partial charge in [0.05, 0.1) is 6.54 Å². The highest BCUT2D eigenvalue weighted by atomic mass is 32.2. The van der Waals surface area contributed by atoms with Crippen LogP contribution in [0.15, 0.2) is 62.5 Å². The van der Waals surface area contributed by atoms with Crippen molar-refractivity contribution in [3.8, 4) is 0 Å². The minimum atomic E-state index is -3.78. The molecule has 6 nitrogen and oxygen atoms in total. The molecule has 0 aliphatic carbocycles. The normalized spacial score (nSPS) is 17.1. The van der Waals surface area contributed by atoms with Crippen molar-refractivity contribution >= 4 is 27.3 Å². The smallest absolute Gasteiger partial charge is 0.253 e. The minimum absolute atomic E-state index is 0.181. The Bertz CT molecular complexity index is 1120. The molecule has 3 aromatic rings. The molecule has 152 valence electrons. The summed E-state index contributed by atoms with van der Waals surface area (Å²) < 4.78 is 33.8. The highest BCUT2D eigenvalue weighted by Crippen LogP contribution is 2.31. The average Bonchev–Trinajstić information content (AvgIpc) is 3.38. The molecule has 29 heavy (non-hydrogen) atoms. The van der Waals surface area contributed by atoms with E-state index in [0.29, 0.717) is 12.2 Å². The molecule has 1 amide bonds. The van der Waals surface area contributed by atoms with Gasteiger partial charge in [-0.3, -0.25) is 4.79 Å². The van der Waals surface area contributed by atoms with Crippen molar-refractivity contribution in [1.82, 2.24) is 9.21 Å². The van der Waals surface area contributed by atoms with Gasteiger partial charge in [-0.15, -0.1) is 11.3 Å². The summed E-state index contributed by atoms with van der Waals surface area (Å²) in [5.41, 5.74) is 1.94. The van der Waals surface area contributed by atoms with Gasteiger partial charge < -0.3 is 9.32 Å². The van der Waals surface area contributed by atoms with Gasteiger partial charge in [-0.05, 0) is 48.1 Å². The van der Waals surface area contributed by atoms with E-state index in [1.165, 1.54) is 9.21 Å². The van der Waals surface area contributed by atoms with Gasteiger partial charge in [-0.2, -0.15) is 4.31 Å². The van der Waals surface area contributed by atoms with Crippen LogP contribution in [-0.2, 0) is 34.3 Å². The topological polar surface area (TPSA) is 70.8 Å². The third-order valence-electron chi connectivity index (χ3n) is 5.11. The molecule has 0 saturated heterocycles. The lowest BCUT2D eigenvalue weighted by Crippen LogP contribution is -2.52. The molecule has 0 bridgehead atoms. The predicted molar refractivity (Wildman–Crippen MR) is 111 cm³/mol. The van der Waals surface area contributed by atoms with E-state index in [2.05, 4.69) is 0 Å². The van der Waals surface area contributed by atoms with Gasteiger partial charge in [0.2, 0.25) is 5.91 Å². The SMILES string of the molecule is Cc1ccc(CN(C)C(=O)C2Cc3ccccc3CN2S(=O)(=O)c2cccs2)o1. The standard InChI is InChI=1S/C21H22N2O4S2/c1-15-9-10-18(27-15)14-22(2)21(24)19-12-16-6-3-4-7-17(16)13-23(19)29(25,26)20-8-5-11-28-20/h3-11,19H,12-14H2,1-2H3. The first kappa shape index (κ1) is 19.9. The summed E-state index contributed by atoms with van der Waals surface area (Å²) in [5.74, 6) is 1.20. The lowest BCUT2D eigenvalue weighted by atomic mass is 9.95. The van der Waals surface area contributed by atoms with Crippen LogP contribution in [0.25, 0.3) is 0 Å². The Morgan fingerprint density at radius 2 is 1.93 bits per heavy atom. The monoisotopic (exact) mass is 430 g/mol. The Hall–Kier alpha value is -2.42. The summed E-state index contributed by atoms with van der Waals surface area (Å²) in [7, 11) is -2.10. The van der Waals surface area contributed by atoms with Crippen molar-refractivity contribution in [2.75, 3.05) is 7.05 Å². The number of likely N-dealkylation sites (N-methyl/N-ethyl adjacent to an activating group) is 1. The van der Waals surface area contributed by atoms with Gasteiger partial charge in [-0.1, -0.05) is 30.3 Å². The number of benzene rings is 1. The number of aryl methyl sites for hydroxylation is 1. The van der Waals surface area contributed by atoms with Gasteiger partial charge in [-0.25, -0.2) is 8.42 Å². The minimum Gasteiger partial charge on any atom is -0.464 e. The Morgan fingerprint density at radius 1 is 1.17 bits per heavy atom. The van der Waals surface area contributed by atoms with E-state index in [4.69, 9.17) is 4.42 Å². The molecule has 2 aromatic heterocycles. The van der Waals surface area contributed by atoms with Crippen molar-refractivity contribution in [1.29, 1.82) is 0 Å². The number of furan rings is 1. The first-order valence-electron chi connectivity index (χ1n) is 9.28. The number of hydrogen-bond donors (Lipinski definition) is 0. The van der Waals surface area contributed by atoms with E-state index in [0.717, 1.165) is 28.2 Å². The Balaban J connectivity index is 1.67. The molecule has 8 heteroatoms. The van der Waals surface area contributed by atoms with Gasteiger partial charge in [0.15, 0.2) is 0 Å². The number of fused-ring (bicyclic) bond motifs is 1. The van der Waals surface area contributed by atoms with Gasteiger partial charge in [0, 0.05) is 13.6 Å². The van der Waals surface area contributed by atoms with Crippen molar-refractivity contribution < 1.29 is 17.6 Å². The zero-order valence-corrected chi connectivity index (χ0v) is 17.9. The summed E-state index contributed by atoms with van der Waals surface area (Å²) in [6.07, 6.45) is 0.348. The summed E-state index contributed by atoms with van der Waals surface area (Å²) in [4.78, 5) is 14.9.